The molecule has 0 heterocycles. The minimum Gasteiger partial charge on any atom is -0.461 e. The predicted molar refractivity (Wildman–Crippen MR) is 89.6 cm³/mol. The number of carbonyl (C=O) groups is 1. The molecule has 2 aromatic rings. The highest BCUT2D eigenvalue weighted by Gasteiger charge is 2.13. The maximum absolute atomic E-state index is 10.9. The Kier molecular flexibility index (Phi) is 5.78. The van der Waals surface area contributed by atoms with Crippen LogP contribution in [0.2, 0.25) is 0 Å². The Bertz CT molecular complexity index is 608. The van der Waals surface area contributed by atoms with Gasteiger partial charge >= 0.3 is 5.97 Å². The number of para-hydroxylation sites is 1. The number of carbonyl (C=O) groups excluding carboxylic acids is 1. The molecule has 0 aliphatic heterocycles. The molecule has 0 saturated carbocycles. The van der Waals surface area contributed by atoms with Gasteiger partial charge in [0.1, 0.15) is 6.61 Å². The van der Waals surface area contributed by atoms with Gasteiger partial charge in [0.05, 0.1) is 6.04 Å². The van der Waals surface area contributed by atoms with E-state index in [-0.39, 0.29) is 18.6 Å². The number of anilines is 1. The second-order valence-electron chi connectivity index (χ2n) is 5.21. The number of ether oxygens (including phenoxy) is 1. The van der Waals surface area contributed by atoms with E-state index in [1.54, 1.807) is 0 Å². The van der Waals surface area contributed by atoms with Crippen LogP contribution in [0, 0.1) is 0 Å². The summed E-state index contributed by atoms with van der Waals surface area (Å²) in [6.07, 6.45) is 0.701. The van der Waals surface area contributed by atoms with Crippen molar-refractivity contribution in [2.45, 2.75) is 19.4 Å². The number of rotatable bonds is 7. The zero-order valence-electron chi connectivity index (χ0n) is 12.8. The van der Waals surface area contributed by atoms with Crippen LogP contribution < -0.4 is 5.32 Å². The minimum absolute atomic E-state index is 0.0895. The molecule has 0 aliphatic rings. The monoisotopic (exact) mass is 295 g/mol. The summed E-state index contributed by atoms with van der Waals surface area (Å²) in [5.74, 6) is -0.284. The first-order valence-electron chi connectivity index (χ1n) is 7.31. The molecule has 0 saturated heterocycles. The maximum Gasteiger partial charge on any atom is 0.302 e. The average molecular weight is 295 g/mol. The molecular weight excluding hydrogens is 274 g/mol. The van der Waals surface area contributed by atoms with Gasteiger partial charge in [-0.2, -0.15) is 0 Å². The molecule has 0 spiro atoms. The van der Waals surface area contributed by atoms with E-state index in [0.717, 1.165) is 11.3 Å². The number of esters is 1. The van der Waals surface area contributed by atoms with E-state index in [1.165, 1.54) is 12.5 Å². The highest BCUT2D eigenvalue weighted by molar-refractivity contribution is 5.66. The first-order chi connectivity index (χ1) is 10.6. The predicted octanol–water partition coefficient (Wildman–Crippen LogP) is 4.35. The lowest BCUT2D eigenvalue weighted by molar-refractivity contribution is -0.140. The van der Waals surface area contributed by atoms with Crippen LogP contribution in [0.15, 0.2) is 72.8 Å². The lowest BCUT2D eigenvalue weighted by Crippen LogP contribution is -2.13. The summed E-state index contributed by atoms with van der Waals surface area (Å²) in [4.78, 5) is 10.9. The first-order valence-corrected chi connectivity index (χ1v) is 7.31. The fourth-order valence-electron chi connectivity index (χ4n) is 2.22. The molecule has 1 N–H and O–H groups in total. The van der Waals surface area contributed by atoms with Gasteiger partial charge in [-0.3, -0.25) is 4.79 Å². The highest BCUT2D eigenvalue weighted by atomic mass is 16.5. The Morgan fingerprint density at radius 1 is 1.09 bits per heavy atom. The summed E-state index contributed by atoms with van der Waals surface area (Å²) in [6.45, 7) is 5.68. The van der Waals surface area contributed by atoms with E-state index in [4.69, 9.17) is 4.74 Å². The topological polar surface area (TPSA) is 38.3 Å². The van der Waals surface area contributed by atoms with E-state index in [0.29, 0.717) is 6.42 Å². The molecular formula is C19H21NO2. The Balaban J connectivity index is 2.08. The summed E-state index contributed by atoms with van der Waals surface area (Å²) >= 11 is 0. The molecule has 0 bridgehead atoms. The number of benzene rings is 2. The summed E-state index contributed by atoms with van der Waals surface area (Å²) in [6, 6.07) is 20.3. The fourth-order valence-corrected chi connectivity index (χ4v) is 2.22. The van der Waals surface area contributed by atoms with Crippen LogP contribution in [0.25, 0.3) is 0 Å². The van der Waals surface area contributed by atoms with Crippen molar-refractivity contribution in [2.75, 3.05) is 11.9 Å². The van der Waals surface area contributed by atoms with Crippen LogP contribution in [0.1, 0.15) is 24.9 Å². The van der Waals surface area contributed by atoms with E-state index in [1.807, 2.05) is 48.5 Å². The second kappa shape index (κ2) is 8.03. The van der Waals surface area contributed by atoms with Gasteiger partial charge in [-0.25, -0.2) is 0 Å². The van der Waals surface area contributed by atoms with Crippen LogP contribution in [-0.2, 0) is 9.53 Å². The smallest absolute Gasteiger partial charge is 0.302 e. The molecule has 1 atom stereocenters. The molecule has 114 valence electrons. The summed E-state index contributed by atoms with van der Waals surface area (Å²) < 4.78 is 5.02. The average Bonchev–Trinajstić information content (AvgIpc) is 2.54. The number of nitrogens with one attached hydrogen (secondary N) is 1. The van der Waals surface area contributed by atoms with Crippen LogP contribution in [0.4, 0.5) is 5.69 Å². The molecule has 3 heteroatoms. The van der Waals surface area contributed by atoms with E-state index < -0.39 is 0 Å². The third kappa shape index (κ3) is 5.09. The molecule has 0 fully saturated rings. The van der Waals surface area contributed by atoms with Crippen LogP contribution in [-0.4, -0.2) is 12.6 Å². The summed E-state index contributed by atoms with van der Waals surface area (Å²) in [5.41, 5.74) is 3.11. The molecule has 22 heavy (non-hydrogen) atoms. The lowest BCUT2D eigenvalue weighted by atomic mass is 9.99. The summed E-state index contributed by atoms with van der Waals surface area (Å²) in [7, 11) is 0. The summed E-state index contributed by atoms with van der Waals surface area (Å²) in [5, 5.41) is 3.51. The van der Waals surface area contributed by atoms with Gasteiger partial charge in [-0.1, -0.05) is 55.1 Å². The SMILES string of the molecule is C=C(COC(C)=O)CC(Nc1ccccc1)c1ccccc1. The largest absolute Gasteiger partial charge is 0.461 e. The van der Waals surface area contributed by atoms with Gasteiger partial charge < -0.3 is 10.1 Å². The van der Waals surface area contributed by atoms with Crippen molar-refractivity contribution in [2.24, 2.45) is 0 Å². The van der Waals surface area contributed by atoms with Crippen molar-refractivity contribution >= 4 is 11.7 Å². The van der Waals surface area contributed by atoms with Crippen LogP contribution in [0.3, 0.4) is 0 Å². The molecule has 0 aliphatic carbocycles. The van der Waals surface area contributed by atoms with Gasteiger partial charge in [0.25, 0.3) is 0 Å². The Hall–Kier alpha value is -2.55. The Morgan fingerprint density at radius 2 is 1.68 bits per heavy atom. The molecule has 0 amide bonds. The molecule has 0 radical (unpaired) electrons. The van der Waals surface area contributed by atoms with E-state index >= 15 is 0 Å². The Labute approximate surface area is 131 Å². The first kappa shape index (κ1) is 15.8. The van der Waals surface area contributed by atoms with Gasteiger partial charge in [0, 0.05) is 12.6 Å². The van der Waals surface area contributed by atoms with Crippen LogP contribution in [0.5, 0.6) is 0 Å². The standard InChI is InChI=1S/C19H21NO2/c1-15(14-22-16(2)21)13-19(17-9-5-3-6-10-17)20-18-11-7-4-8-12-18/h3-12,19-20H,1,13-14H2,2H3. The molecule has 3 nitrogen and oxygen atoms in total. The minimum atomic E-state index is -0.284. The van der Waals surface area contributed by atoms with Gasteiger partial charge in [-0.15, -0.1) is 0 Å². The van der Waals surface area contributed by atoms with Crippen molar-refractivity contribution in [1.82, 2.24) is 0 Å². The van der Waals surface area contributed by atoms with Crippen molar-refractivity contribution in [1.29, 1.82) is 0 Å². The number of hydrogen-bond donors (Lipinski definition) is 1. The Morgan fingerprint density at radius 3 is 2.27 bits per heavy atom. The molecule has 2 aromatic carbocycles. The third-order valence-electron chi connectivity index (χ3n) is 3.29. The van der Waals surface area contributed by atoms with Crippen molar-refractivity contribution in [3.05, 3.63) is 78.4 Å². The van der Waals surface area contributed by atoms with Crippen LogP contribution >= 0.6 is 0 Å². The molecule has 2 rings (SSSR count). The van der Waals surface area contributed by atoms with E-state index in [2.05, 4.69) is 24.0 Å². The van der Waals surface area contributed by atoms with Crippen molar-refractivity contribution in [3.63, 3.8) is 0 Å². The normalized spacial score (nSPS) is 11.5. The highest BCUT2D eigenvalue weighted by Crippen LogP contribution is 2.25. The zero-order valence-corrected chi connectivity index (χ0v) is 12.8. The van der Waals surface area contributed by atoms with Gasteiger partial charge in [0.2, 0.25) is 0 Å². The molecule has 1 unspecified atom stereocenters. The molecule has 0 aromatic heterocycles. The quantitative estimate of drug-likeness (QED) is 0.609. The van der Waals surface area contributed by atoms with Gasteiger partial charge in [0.15, 0.2) is 0 Å². The maximum atomic E-state index is 10.9. The zero-order chi connectivity index (χ0) is 15.8. The van der Waals surface area contributed by atoms with Crippen molar-refractivity contribution in [3.8, 4) is 0 Å². The fraction of sp³-hybridized carbons (Fsp3) is 0.211. The van der Waals surface area contributed by atoms with Gasteiger partial charge in [-0.05, 0) is 29.7 Å². The van der Waals surface area contributed by atoms with Crippen molar-refractivity contribution < 1.29 is 9.53 Å². The lowest BCUT2D eigenvalue weighted by Gasteiger charge is -2.21. The number of hydrogen-bond acceptors (Lipinski definition) is 3. The third-order valence-corrected chi connectivity index (χ3v) is 3.29. The second-order valence-corrected chi connectivity index (χ2v) is 5.21. The van der Waals surface area contributed by atoms with E-state index in [9.17, 15) is 4.79 Å².